The smallest absolute Gasteiger partial charge is 0.243 e. The van der Waals surface area contributed by atoms with E-state index in [1.807, 2.05) is 19.1 Å². The first-order chi connectivity index (χ1) is 9.62. The highest BCUT2D eigenvalue weighted by atomic mass is 32.2. The molecule has 5 heteroatoms. The Kier molecular flexibility index (Phi) is 4.47. The van der Waals surface area contributed by atoms with E-state index in [2.05, 4.69) is 20.8 Å². The molecule has 1 aliphatic rings. The third-order valence-corrected chi connectivity index (χ3v) is 6.04. The van der Waals surface area contributed by atoms with Crippen molar-refractivity contribution in [2.24, 2.45) is 0 Å². The number of aryl methyl sites for hydroxylation is 1. The molecule has 2 rings (SSSR count). The molecule has 1 aromatic rings. The van der Waals surface area contributed by atoms with Crippen molar-refractivity contribution in [3.63, 3.8) is 0 Å². The van der Waals surface area contributed by atoms with Crippen molar-refractivity contribution in [2.45, 2.75) is 57.0 Å². The van der Waals surface area contributed by atoms with Crippen LogP contribution in [0.4, 0.5) is 0 Å². The third-order valence-electron chi connectivity index (χ3n) is 4.03. The van der Waals surface area contributed by atoms with Gasteiger partial charge >= 0.3 is 0 Å². The van der Waals surface area contributed by atoms with Gasteiger partial charge in [-0.3, -0.25) is 0 Å². The lowest BCUT2D eigenvalue weighted by molar-refractivity contribution is 0.108. The Morgan fingerprint density at radius 3 is 2.52 bits per heavy atom. The highest BCUT2D eigenvalue weighted by Crippen LogP contribution is 2.29. The van der Waals surface area contributed by atoms with Crippen LogP contribution in [0.2, 0.25) is 0 Å². The molecule has 0 unspecified atom stereocenters. The van der Waals surface area contributed by atoms with Crippen LogP contribution < -0.4 is 0 Å². The summed E-state index contributed by atoms with van der Waals surface area (Å²) in [5.74, 6) is 0. The third kappa shape index (κ3) is 3.47. The molecule has 1 saturated heterocycles. The SMILES string of the molecule is Cc1ccc(C(C)(C)C)cc1S(=O)(=O)N1CCC[C@H](O)C1. The zero-order valence-corrected chi connectivity index (χ0v) is 14.1. The Bertz CT molecular complexity index is 617. The van der Waals surface area contributed by atoms with Gasteiger partial charge in [0.1, 0.15) is 0 Å². The van der Waals surface area contributed by atoms with E-state index in [9.17, 15) is 13.5 Å². The largest absolute Gasteiger partial charge is 0.392 e. The van der Waals surface area contributed by atoms with Gasteiger partial charge in [-0.2, -0.15) is 4.31 Å². The van der Waals surface area contributed by atoms with Crippen LogP contribution in [0.3, 0.4) is 0 Å². The quantitative estimate of drug-likeness (QED) is 0.912. The summed E-state index contributed by atoms with van der Waals surface area (Å²) in [6.45, 7) is 8.70. The van der Waals surface area contributed by atoms with Crippen molar-refractivity contribution in [1.29, 1.82) is 0 Å². The van der Waals surface area contributed by atoms with Crippen LogP contribution >= 0.6 is 0 Å². The van der Waals surface area contributed by atoms with E-state index in [4.69, 9.17) is 0 Å². The van der Waals surface area contributed by atoms with E-state index >= 15 is 0 Å². The maximum atomic E-state index is 12.8. The van der Waals surface area contributed by atoms with Crippen molar-refractivity contribution in [1.82, 2.24) is 4.31 Å². The number of aliphatic hydroxyl groups is 1. The number of hydrogen-bond donors (Lipinski definition) is 1. The van der Waals surface area contributed by atoms with Gasteiger partial charge in [-0.1, -0.05) is 32.9 Å². The number of β-amino-alcohol motifs (C(OH)–C–C–N with tert-alkyl or cyclic N) is 1. The van der Waals surface area contributed by atoms with Gasteiger partial charge in [0, 0.05) is 13.1 Å². The summed E-state index contributed by atoms with van der Waals surface area (Å²) in [7, 11) is -3.54. The summed E-state index contributed by atoms with van der Waals surface area (Å²) >= 11 is 0. The first-order valence-corrected chi connectivity index (χ1v) is 8.86. The van der Waals surface area contributed by atoms with Crippen LogP contribution in [-0.4, -0.2) is 37.0 Å². The molecule has 1 N–H and O–H groups in total. The monoisotopic (exact) mass is 311 g/mol. The Labute approximate surface area is 127 Å². The zero-order chi connectivity index (χ0) is 15.8. The molecule has 4 nitrogen and oxygen atoms in total. The van der Waals surface area contributed by atoms with Crippen LogP contribution in [-0.2, 0) is 15.4 Å². The van der Waals surface area contributed by atoms with Crippen LogP contribution in [0.5, 0.6) is 0 Å². The highest BCUT2D eigenvalue weighted by Gasteiger charge is 2.31. The van der Waals surface area contributed by atoms with E-state index in [1.165, 1.54) is 4.31 Å². The molecule has 0 saturated carbocycles. The first-order valence-electron chi connectivity index (χ1n) is 7.42. The second-order valence-electron chi connectivity index (χ2n) is 6.89. The van der Waals surface area contributed by atoms with Gasteiger partial charge in [0.2, 0.25) is 10.0 Å². The fourth-order valence-corrected chi connectivity index (χ4v) is 4.39. The molecule has 1 aliphatic heterocycles. The fourth-order valence-electron chi connectivity index (χ4n) is 2.62. The van der Waals surface area contributed by atoms with Crippen LogP contribution in [0, 0.1) is 6.92 Å². The van der Waals surface area contributed by atoms with Gasteiger partial charge < -0.3 is 5.11 Å². The van der Waals surface area contributed by atoms with Gasteiger partial charge in [0.25, 0.3) is 0 Å². The van der Waals surface area contributed by atoms with Crippen molar-refractivity contribution in [3.8, 4) is 0 Å². The van der Waals surface area contributed by atoms with Crippen molar-refractivity contribution >= 4 is 10.0 Å². The summed E-state index contributed by atoms with van der Waals surface area (Å²) in [6, 6.07) is 5.64. The molecule has 0 amide bonds. The van der Waals surface area contributed by atoms with Gasteiger partial charge in [0.05, 0.1) is 11.0 Å². The Morgan fingerprint density at radius 1 is 1.29 bits per heavy atom. The number of benzene rings is 1. The highest BCUT2D eigenvalue weighted by molar-refractivity contribution is 7.89. The van der Waals surface area contributed by atoms with Gasteiger partial charge in [-0.25, -0.2) is 8.42 Å². The molecule has 1 heterocycles. The minimum atomic E-state index is -3.54. The molecule has 118 valence electrons. The predicted octanol–water partition coefficient (Wildman–Crippen LogP) is 2.44. The maximum absolute atomic E-state index is 12.8. The topological polar surface area (TPSA) is 57.6 Å². The second-order valence-corrected chi connectivity index (χ2v) is 8.80. The van der Waals surface area contributed by atoms with Gasteiger partial charge in [-0.15, -0.1) is 0 Å². The van der Waals surface area contributed by atoms with Crippen LogP contribution in [0.25, 0.3) is 0 Å². The van der Waals surface area contributed by atoms with Crippen molar-refractivity contribution < 1.29 is 13.5 Å². The number of hydrogen-bond acceptors (Lipinski definition) is 3. The second kappa shape index (κ2) is 5.71. The molecule has 1 atom stereocenters. The van der Waals surface area contributed by atoms with Crippen LogP contribution in [0.15, 0.2) is 23.1 Å². The molecule has 1 fully saturated rings. The number of aliphatic hydroxyl groups excluding tert-OH is 1. The molecule has 0 aromatic heterocycles. The zero-order valence-electron chi connectivity index (χ0n) is 13.3. The summed E-state index contributed by atoms with van der Waals surface area (Å²) in [5, 5.41) is 9.74. The Morgan fingerprint density at radius 2 is 1.95 bits per heavy atom. The summed E-state index contributed by atoms with van der Waals surface area (Å²) in [6.07, 6.45) is 0.824. The van der Waals surface area contributed by atoms with E-state index in [0.29, 0.717) is 24.3 Å². The van der Waals surface area contributed by atoms with Crippen LogP contribution in [0.1, 0.15) is 44.7 Å². The number of rotatable bonds is 2. The first kappa shape index (κ1) is 16.5. The summed E-state index contributed by atoms with van der Waals surface area (Å²) < 4.78 is 27.1. The van der Waals surface area contributed by atoms with E-state index in [1.54, 1.807) is 6.07 Å². The molecule has 21 heavy (non-hydrogen) atoms. The number of nitrogens with zero attached hydrogens (tertiary/aromatic N) is 1. The predicted molar refractivity (Wildman–Crippen MR) is 83.9 cm³/mol. The fraction of sp³-hybridized carbons (Fsp3) is 0.625. The van der Waals surface area contributed by atoms with Crippen molar-refractivity contribution in [3.05, 3.63) is 29.3 Å². The summed E-state index contributed by atoms with van der Waals surface area (Å²) in [5.41, 5.74) is 1.66. The van der Waals surface area contributed by atoms with Crippen molar-refractivity contribution in [2.75, 3.05) is 13.1 Å². The minimum Gasteiger partial charge on any atom is -0.392 e. The Balaban J connectivity index is 2.44. The molecule has 0 radical (unpaired) electrons. The standard InChI is InChI=1S/C16H25NO3S/c1-12-7-8-13(16(2,3)4)10-15(12)21(19,20)17-9-5-6-14(18)11-17/h7-8,10,14,18H,5-6,9,11H2,1-4H3/t14-/m0/s1. The average Bonchev–Trinajstić information content (AvgIpc) is 2.37. The van der Waals surface area contributed by atoms with Gasteiger partial charge in [0.15, 0.2) is 0 Å². The molecule has 0 bridgehead atoms. The lowest BCUT2D eigenvalue weighted by atomic mass is 9.87. The minimum absolute atomic E-state index is 0.0978. The van der Waals surface area contributed by atoms with E-state index in [0.717, 1.165) is 11.1 Å². The van der Waals surface area contributed by atoms with Gasteiger partial charge in [-0.05, 0) is 42.4 Å². The average molecular weight is 311 g/mol. The molecular weight excluding hydrogens is 286 g/mol. The number of piperidine rings is 1. The summed E-state index contributed by atoms with van der Waals surface area (Å²) in [4.78, 5) is 0.365. The number of sulfonamides is 1. The lowest BCUT2D eigenvalue weighted by Gasteiger charge is -2.30. The van der Waals surface area contributed by atoms with E-state index < -0.39 is 16.1 Å². The molecule has 1 aromatic carbocycles. The normalized spacial score (nSPS) is 21.5. The Hall–Kier alpha value is -0.910. The molecular formula is C16H25NO3S. The van der Waals surface area contributed by atoms with E-state index in [-0.39, 0.29) is 12.0 Å². The molecule has 0 aliphatic carbocycles. The lowest BCUT2D eigenvalue weighted by Crippen LogP contribution is -2.42. The maximum Gasteiger partial charge on any atom is 0.243 e. The molecule has 0 spiro atoms.